The summed E-state index contributed by atoms with van der Waals surface area (Å²) in [5, 5.41) is 3.33. The summed E-state index contributed by atoms with van der Waals surface area (Å²) >= 11 is 0. The molecule has 0 fully saturated rings. The van der Waals surface area contributed by atoms with Crippen LogP contribution < -0.4 is 5.32 Å². The van der Waals surface area contributed by atoms with Gasteiger partial charge in [-0.2, -0.15) is 0 Å². The van der Waals surface area contributed by atoms with E-state index >= 15 is 0 Å². The van der Waals surface area contributed by atoms with Crippen molar-refractivity contribution in [1.82, 2.24) is 4.98 Å². The molecule has 0 radical (unpaired) electrons. The minimum atomic E-state index is 0.243. The topological polar surface area (TPSA) is 34.1 Å². The summed E-state index contributed by atoms with van der Waals surface area (Å²) in [4.78, 5) is 4.04. The normalized spacial score (nSPS) is 12.5. The lowest BCUT2D eigenvalue weighted by molar-refractivity contribution is 0.0855. The van der Waals surface area contributed by atoms with E-state index in [9.17, 15) is 0 Å². The highest BCUT2D eigenvalue weighted by Gasteiger charge is 2.01. The van der Waals surface area contributed by atoms with Gasteiger partial charge in [0.1, 0.15) is 0 Å². The number of aromatic nitrogens is 1. The van der Waals surface area contributed by atoms with Gasteiger partial charge >= 0.3 is 0 Å². The van der Waals surface area contributed by atoms with Crippen molar-refractivity contribution in [2.45, 2.75) is 26.9 Å². The molecule has 3 heteroatoms. The highest BCUT2D eigenvalue weighted by molar-refractivity contribution is 5.48. The fourth-order valence-electron chi connectivity index (χ4n) is 1.27. The van der Waals surface area contributed by atoms with Crippen molar-refractivity contribution >= 4 is 5.69 Å². The second kappa shape index (κ2) is 5.60. The van der Waals surface area contributed by atoms with E-state index in [4.69, 9.17) is 4.74 Å². The summed E-state index contributed by atoms with van der Waals surface area (Å²) < 4.78 is 5.43. The number of rotatable bonds is 5. The Bertz CT molecular complexity index is 276. The van der Waals surface area contributed by atoms with Crippen molar-refractivity contribution in [2.75, 3.05) is 18.5 Å². The molecule has 1 atom stereocenters. The molecule has 0 aliphatic carbocycles. The Morgan fingerprint density at radius 2 is 2.36 bits per heavy atom. The second-order valence-electron chi connectivity index (χ2n) is 3.34. The van der Waals surface area contributed by atoms with Crippen LogP contribution in [0.3, 0.4) is 0 Å². The molecule has 78 valence electrons. The average molecular weight is 194 g/mol. The van der Waals surface area contributed by atoms with Crippen LogP contribution >= 0.6 is 0 Å². The number of hydrogen-bond acceptors (Lipinski definition) is 3. The highest BCUT2D eigenvalue weighted by atomic mass is 16.5. The van der Waals surface area contributed by atoms with E-state index in [-0.39, 0.29) is 6.10 Å². The lowest BCUT2D eigenvalue weighted by Crippen LogP contribution is -2.20. The fourth-order valence-corrected chi connectivity index (χ4v) is 1.27. The van der Waals surface area contributed by atoms with E-state index in [2.05, 4.69) is 17.2 Å². The fraction of sp³-hybridized carbons (Fsp3) is 0.545. The SMILES string of the molecule is CCOC(C)CNc1ccncc1C. The maximum atomic E-state index is 5.43. The molecular formula is C11H18N2O. The molecule has 1 N–H and O–H groups in total. The first-order valence-corrected chi connectivity index (χ1v) is 5.00. The molecule has 0 aliphatic rings. The predicted octanol–water partition coefficient (Wildman–Crippen LogP) is 2.23. The van der Waals surface area contributed by atoms with Crippen LogP contribution in [0.15, 0.2) is 18.5 Å². The van der Waals surface area contributed by atoms with E-state index in [1.54, 1.807) is 6.20 Å². The number of anilines is 1. The monoisotopic (exact) mass is 194 g/mol. The summed E-state index contributed by atoms with van der Waals surface area (Å²) in [6, 6.07) is 1.98. The maximum absolute atomic E-state index is 5.43. The number of nitrogens with zero attached hydrogens (tertiary/aromatic N) is 1. The molecule has 0 bridgehead atoms. The third-order valence-corrected chi connectivity index (χ3v) is 2.05. The predicted molar refractivity (Wildman–Crippen MR) is 58.6 cm³/mol. The van der Waals surface area contributed by atoms with Gasteiger partial charge in [0, 0.05) is 31.2 Å². The number of ether oxygens (including phenoxy) is 1. The van der Waals surface area contributed by atoms with E-state index in [1.807, 2.05) is 26.1 Å². The molecule has 1 aromatic rings. The summed E-state index contributed by atoms with van der Waals surface area (Å²) in [5.74, 6) is 0. The van der Waals surface area contributed by atoms with E-state index in [0.29, 0.717) is 0 Å². The van der Waals surface area contributed by atoms with E-state index in [0.717, 1.165) is 24.4 Å². The minimum Gasteiger partial charge on any atom is -0.382 e. The smallest absolute Gasteiger partial charge is 0.0719 e. The molecule has 3 nitrogen and oxygen atoms in total. The Balaban J connectivity index is 2.41. The first-order valence-electron chi connectivity index (χ1n) is 5.00. The van der Waals surface area contributed by atoms with Gasteiger partial charge in [-0.25, -0.2) is 0 Å². The minimum absolute atomic E-state index is 0.243. The van der Waals surface area contributed by atoms with Gasteiger partial charge in [0.2, 0.25) is 0 Å². The van der Waals surface area contributed by atoms with Crippen LogP contribution in [-0.2, 0) is 4.74 Å². The molecule has 0 saturated carbocycles. The van der Waals surface area contributed by atoms with Gasteiger partial charge in [-0.1, -0.05) is 0 Å². The molecule has 0 amide bonds. The van der Waals surface area contributed by atoms with Crippen LogP contribution in [-0.4, -0.2) is 24.2 Å². The van der Waals surface area contributed by atoms with Crippen molar-refractivity contribution in [3.05, 3.63) is 24.0 Å². The number of nitrogens with one attached hydrogen (secondary N) is 1. The lowest BCUT2D eigenvalue weighted by Gasteiger charge is -2.14. The summed E-state index contributed by atoms with van der Waals surface area (Å²) in [5.41, 5.74) is 2.29. The standard InChI is InChI=1S/C11H18N2O/c1-4-14-10(3)8-13-11-5-6-12-7-9(11)2/h5-7,10H,4,8H2,1-3H3,(H,12,13). The van der Waals surface area contributed by atoms with Gasteiger partial charge < -0.3 is 10.1 Å². The summed E-state index contributed by atoms with van der Waals surface area (Å²) in [7, 11) is 0. The van der Waals surface area contributed by atoms with Crippen molar-refractivity contribution in [3.63, 3.8) is 0 Å². The number of aryl methyl sites for hydroxylation is 1. The van der Waals surface area contributed by atoms with Crippen LogP contribution in [0.25, 0.3) is 0 Å². The number of pyridine rings is 1. The third-order valence-electron chi connectivity index (χ3n) is 2.05. The molecule has 0 spiro atoms. The van der Waals surface area contributed by atoms with Crippen LogP contribution in [0.1, 0.15) is 19.4 Å². The molecule has 1 heterocycles. The van der Waals surface area contributed by atoms with Gasteiger partial charge in [0.15, 0.2) is 0 Å². The zero-order valence-corrected chi connectivity index (χ0v) is 9.08. The van der Waals surface area contributed by atoms with Gasteiger partial charge in [0.05, 0.1) is 6.10 Å². The first-order chi connectivity index (χ1) is 6.74. The molecular weight excluding hydrogens is 176 g/mol. The molecule has 14 heavy (non-hydrogen) atoms. The third kappa shape index (κ3) is 3.34. The van der Waals surface area contributed by atoms with Crippen molar-refractivity contribution in [3.8, 4) is 0 Å². The highest BCUT2D eigenvalue weighted by Crippen LogP contribution is 2.11. The average Bonchev–Trinajstić information content (AvgIpc) is 2.17. The van der Waals surface area contributed by atoms with Crippen LogP contribution in [0.4, 0.5) is 5.69 Å². The zero-order chi connectivity index (χ0) is 10.4. The van der Waals surface area contributed by atoms with Crippen molar-refractivity contribution in [1.29, 1.82) is 0 Å². The lowest BCUT2D eigenvalue weighted by atomic mass is 10.2. The maximum Gasteiger partial charge on any atom is 0.0719 e. The Labute approximate surface area is 85.5 Å². The quantitative estimate of drug-likeness (QED) is 0.780. The first kappa shape index (κ1) is 11.0. The number of hydrogen-bond donors (Lipinski definition) is 1. The molecule has 0 aliphatic heterocycles. The van der Waals surface area contributed by atoms with Crippen molar-refractivity contribution in [2.24, 2.45) is 0 Å². The van der Waals surface area contributed by atoms with Gasteiger partial charge in [0.25, 0.3) is 0 Å². The second-order valence-corrected chi connectivity index (χ2v) is 3.34. The van der Waals surface area contributed by atoms with E-state index < -0.39 is 0 Å². The van der Waals surface area contributed by atoms with Gasteiger partial charge in [-0.05, 0) is 32.4 Å². The largest absolute Gasteiger partial charge is 0.382 e. The Morgan fingerprint density at radius 3 is 3.00 bits per heavy atom. The Morgan fingerprint density at radius 1 is 1.57 bits per heavy atom. The van der Waals surface area contributed by atoms with Crippen LogP contribution in [0.5, 0.6) is 0 Å². The zero-order valence-electron chi connectivity index (χ0n) is 9.08. The summed E-state index contributed by atoms with van der Waals surface area (Å²) in [6.07, 6.45) is 3.89. The molecule has 1 unspecified atom stereocenters. The molecule has 1 aromatic heterocycles. The van der Waals surface area contributed by atoms with Crippen LogP contribution in [0, 0.1) is 6.92 Å². The van der Waals surface area contributed by atoms with Crippen molar-refractivity contribution < 1.29 is 4.74 Å². The Kier molecular flexibility index (Phi) is 4.40. The summed E-state index contributed by atoms with van der Waals surface area (Å²) in [6.45, 7) is 7.71. The Hall–Kier alpha value is -1.09. The molecule has 0 saturated heterocycles. The van der Waals surface area contributed by atoms with Gasteiger partial charge in [-0.3, -0.25) is 4.98 Å². The van der Waals surface area contributed by atoms with Crippen LogP contribution in [0.2, 0.25) is 0 Å². The van der Waals surface area contributed by atoms with Gasteiger partial charge in [-0.15, -0.1) is 0 Å². The molecule has 0 aromatic carbocycles. The molecule has 1 rings (SSSR count). The van der Waals surface area contributed by atoms with E-state index in [1.165, 1.54) is 0 Å².